The van der Waals surface area contributed by atoms with E-state index in [2.05, 4.69) is 4.72 Å². The van der Waals surface area contributed by atoms with Gasteiger partial charge in [-0.25, -0.2) is 13.1 Å². The lowest BCUT2D eigenvalue weighted by Gasteiger charge is -2.44. The van der Waals surface area contributed by atoms with E-state index in [1.807, 2.05) is 4.90 Å². The number of carbonyl (C=O) groups excluding carboxylic acids is 1. The van der Waals surface area contributed by atoms with Gasteiger partial charge < -0.3 is 4.90 Å². The Morgan fingerprint density at radius 3 is 2.40 bits per heavy atom. The first-order chi connectivity index (χ1) is 11.9. The molecule has 138 valence electrons. The van der Waals surface area contributed by atoms with E-state index in [1.54, 1.807) is 26.0 Å². The molecule has 0 spiro atoms. The van der Waals surface area contributed by atoms with Crippen LogP contribution in [0.2, 0.25) is 0 Å². The molecule has 2 aliphatic rings. The van der Waals surface area contributed by atoms with Gasteiger partial charge in [-0.1, -0.05) is 12.8 Å². The molecule has 0 aromatic heterocycles. The second kappa shape index (κ2) is 7.46. The van der Waals surface area contributed by atoms with Gasteiger partial charge in [0.25, 0.3) is 5.91 Å². The largest absolute Gasteiger partial charge is 0.335 e. The van der Waals surface area contributed by atoms with Crippen LogP contribution in [0.3, 0.4) is 0 Å². The van der Waals surface area contributed by atoms with Crippen molar-refractivity contribution in [2.24, 2.45) is 5.92 Å². The van der Waals surface area contributed by atoms with Gasteiger partial charge in [-0.2, -0.15) is 0 Å². The van der Waals surface area contributed by atoms with Crippen molar-refractivity contribution in [2.45, 2.75) is 69.4 Å². The van der Waals surface area contributed by atoms with E-state index in [0.29, 0.717) is 17.5 Å². The number of piperidine rings is 1. The van der Waals surface area contributed by atoms with Crippen molar-refractivity contribution < 1.29 is 13.2 Å². The first-order valence-electron chi connectivity index (χ1n) is 9.32. The van der Waals surface area contributed by atoms with Crippen molar-refractivity contribution in [1.82, 2.24) is 9.62 Å². The molecule has 5 nitrogen and oxygen atoms in total. The van der Waals surface area contributed by atoms with Gasteiger partial charge in [-0.3, -0.25) is 4.79 Å². The lowest BCUT2D eigenvalue weighted by molar-refractivity contribution is 0.0390. The standard InChI is InChI=1S/C19H28N2O3S/c1-14(2)20-25(23,24)17-11-9-16(10-12-17)19(22)21-13-5-7-15-6-3-4-8-18(15)21/h9-12,14-15,18,20H,3-8,13H2,1-2H3. The average Bonchev–Trinajstić information content (AvgIpc) is 2.60. The van der Waals surface area contributed by atoms with Crippen LogP contribution in [0.15, 0.2) is 29.2 Å². The summed E-state index contributed by atoms with van der Waals surface area (Å²) in [6.45, 7) is 4.38. The fraction of sp³-hybridized carbons (Fsp3) is 0.632. The molecule has 25 heavy (non-hydrogen) atoms. The summed E-state index contributed by atoms with van der Waals surface area (Å²) in [6, 6.07) is 6.54. The van der Waals surface area contributed by atoms with E-state index >= 15 is 0 Å². The minimum Gasteiger partial charge on any atom is -0.335 e. The molecule has 0 radical (unpaired) electrons. The molecule has 1 aliphatic heterocycles. The van der Waals surface area contributed by atoms with Gasteiger partial charge in [0.2, 0.25) is 10.0 Å². The van der Waals surface area contributed by atoms with Crippen LogP contribution in [0.4, 0.5) is 0 Å². The number of sulfonamides is 1. The summed E-state index contributed by atoms with van der Waals surface area (Å²) in [7, 11) is -3.52. The SMILES string of the molecule is CC(C)NS(=O)(=O)c1ccc(C(=O)N2CCCC3CCCCC32)cc1. The van der Waals surface area contributed by atoms with E-state index < -0.39 is 10.0 Å². The van der Waals surface area contributed by atoms with Crippen molar-refractivity contribution in [3.8, 4) is 0 Å². The van der Waals surface area contributed by atoms with Crippen LogP contribution in [0.5, 0.6) is 0 Å². The molecule has 6 heteroatoms. The topological polar surface area (TPSA) is 66.5 Å². The quantitative estimate of drug-likeness (QED) is 0.892. The summed E-state index contributed by atoms with van der Waals surface area (Å²) in [6.07, 6.45) is 7.10. The number of hydrogen-bond donors (Lipinski definition) is 1. The third-order valence-corrected chi connectivity index (χ3v) is 6.98. The highest BCUT2D eigenvalue weighted by atomic mass is 32.2. The molecule has 2 unspecified atom stereocenters. The van der Waals surface area contributed by atoms with Gasteiger partial charge in [0, 0.05) is 24.2 Å². The van der Waals surface area contributed by atoms with Crippen LogP contribution >= 0.6 is 0 Å². The summed E-state index contributed by atoms with van der Waals surface area (Å²) >= 11 is 0. The second-order valence-corrected chi connectivity index (χ2v) is 9.27. The molecule has 1 aromatic rings. The van der Waals surface area contributed by atoms with Gasteiger partial charge in [0.05, 0.1) is 4.90 Å². The van der Waals surface area contributed by atoms with Gasteiger partial charge in [-0.05, 0) is 69.7 Å². The molecular formula is C19H28N2O3S. The number of nitrogens with zero attached hydrogens (tertiary/aromatic N) is 1. The maximum Gasteiger partial charge on any atom is 0.254 e. The molecule has 3 rings (SSSR count). The molecule has 0 bridgehead atoms. The molecule has 1 aliphatic carbocycles. The summed E-state index contributed by atoms with van der Waals surface area (Å²) < 4.78 is 27.0. The Morgan fingerprint density at radius 1 is 1.08 bits per heavy atom. The van der Waals surface area contributed by atoms with E-state index in [1.165, 1.54) is 37.8 Å². The molecular weight excluding hydrogens is 336 g/mol. The second-order valence-electron chi connectivity index (χ2n) is 7.55. The van der Waals surface area contributed by atoms with Gasteiger partial charge in [0.15, 0.2) is 0 Å². The summed E-state index contributed by atoms with van der Waals surface area (Å²) in [4.78, 5) is 15.2. The normalized spacial score (nSPS) is 24.2. The van der Waals surface area contributed by atoms with Gasteiger partial charge in [-0.15, -0.1) is 0 Å². The number of rotatable bonds is 4. The highest BCUT2D eigenvalue weighted by Crippen LogP contribution is 2.35. The predicted octanol–water partition coefficient (Wildman–Crippen LogP) is 3.17. The fourth-order valence-electron chi connectivity index (χ4n) is 4.20. The van der Waals surface area contributed by atoms with Crippen molar-refractivity contribution >= 4 is 15.9 Å². The summed E-state index contributed by atoms with van der Waals surface area (Å²) in [5.41, 5.74) is 0.578. The van der Waals surface area contributed by atoms with E-state index in [-0.39, 0.29) is 16.8 Å². The zero-order chi connectivity index (χ0) is 18.0. The molecule has 1 amide bonds. The molecule has 1 N–H and O–H groups in total. The summed E-state index contributed by atoms with van der Waals surface area (Å²) in [5.74, 6) is 0.679. The fourth-order valence-corrected chi connectivity index (χ4v) is 5.45. The van der Waals surface area contributed by atoms with Crippen molar-refractivity contribution in [3.63, 3.8) is 0 Å². The summed E-state index contributed by atoms with van der Waals surface area (Å²) in [5, 5.41) is 0. The smallest absolute Gasteiger partial charge is 0.254 e. The Bertz CT molecular complexity index is 711. The zero-order valence-corrected chi connectivity index (χ0v) is 15.9. The molecule has 1 heterocycles. The number of hydrogen-bond acceptors (Lipinski definition) is 3. The van der Waals surface area contributed by atoms with Crippen LogP contribution in [0.25, 0.3) is 0 Å². The van der Waals surface area contributed by atoms with Crippen LogP contribution in [-0.4, -0.2) is 37.9 Å². The molecule has 2 fully saturated rings. The number of amides is 1. The Labute approximate surface area is 150 Å². The molecule has 2 atom stereocenters. The monoisotopic (exact) mass is 364 g/mol. The molecule has 1 saturated heterocycles. The van der Waals surface area contributed by atoms with Crippen LogP contribution < -0.4 is 4.72 Å². The zero-order valence-electron chi connectivity index (χ0n) is 15.1. The van der Waals surface area contributed by atoms with Crippen molar-refractivity contribution in [2.75, 3.05) is 6.54 Å². The highest BCUT2D eigenvalue weighted by molar-refractivity contribution is 7.89. The average molecular weight is 365 g/mol. The Kier molecular flexibility index (Phi) is 5.49. The third kappa shape index (κ3) is 4.06. The van der Waals surface area contributed by atoms with E-state index in [4.69, 9.17) is 0 Å². The minimum absolute atomic E-state index is 0.0392. The molecule has 1 aromatic carbocycles. The van der Waals surface area contributed by atoms with E-state index in [0.717, 1.165) is 19.4 Å². The molecule has 1 saturated carbocycles. The minimum atomic E-state index is -3.52. The lowest BCUT2D eigenvalue weighted by Crippen LogP contribution is -2.49. The maximum atomic E-state index is 13.0. The number of benzene rings is 1. The predicted molar refractivity (Wildman–Crippen MR) is 97.9 cm³/mol. The number of carbonyl (C=O) groups is 1. The lowest BCUT2D eigenvalue weighted by atomic mass is 9.78. The van der Waals surface area contributed by atoms with Crippen LogP contribution in [-0.2, 0) is 10.0 Å². The van der Waals surface area contributed by atoms with Crippen molar-refractivity contribution in [3.05, 3.63) is 29.8 Å². The van der Waals surface area contributed by atoms with Crippen LogP contribution in [0.1, 0.15) is 62.7 Å². The van der Waals surface area contributed by atoms with Gasteiger partial charge in [0.1, 0.15) is 0 Å². The maximum absolute atomic E-state index is 13.0. The number of likely N-dealkylation sites (tertiary alicyclic amines) is 1. The third-order valence-electron chi connectivity index (χ3n) is 5.31. The van der Waals surface area contributed by atoms with Gasteiger partial charge >= 0.3 is 0 Å². The highest BCUT2D eigenvalue weighted by Gasteiger charge is 2.36. The van der Waals surface area contributed by atoms with Crippen LogP contribution in [0, 0.1) is 5.92 Å². The number of fused-ring (bicyclic) bond motifs is 1. The van der Waals surface area contributed by atoms with E-state index in [9.17, 15) is 13.2 Å². The Hall–Kier alpha value is -1.40. The number of nitrogens with one attached hydrogen (secondary N) is 1. The first kappa shape index (κ1) is 18.4. The first-order valence-corrected chi connectivity index (χ1v) is 10.8. The Balaban J connectivity index is 1.76. The Morgan fingerprint density at radius 2 is 1.72 bits per heavy atom. The van der Waals surface area contributed by atoms with Crippen molar-refractivity contribution in [1.29, 1.82) is 0 Å².